The van der Waals surface area contributed by atoms with E-state index in [1.807, 2.05) is 0 Å². The van der Waals surface area contributed by atoms with Gasteiger partial charge in [0.15, 0.2) is 0 Å². The molecular formula is C24H50S2Sb. The van der Waals surface area contributed by atoms with Gasteiger partial charge in [0.2, 0.25) is 0 Å². The van der Waals surface area contributed by atoms with Crippen molar-refractivity contribution in [2.45, 2.75) is 142 Å². The average molecular weight is 525 g/mol. The van der Waals surface area contributed by atoms with E-state index in [0.717, 1.165) is 11.5 Å². The zero-order valence-electron chi connectivity index (χ0n) is 18.8. The summed E-state index contributed by atoms with van der Waals surface area (Å²) in [6.45, 7) is 4.55. The van der Waals surface area contributed by atoms with Crippen molar-refractivity contribution < 1.29 is 0 Å². The molecule has 0 aliphatic heterocycles. The van der Waals surface area contributed by atoms with Crippen LogP contribution in [-0.4, -0.2) is 35.9 Å². The van der Waals surface area contributed by atoms with Crippen molar-refractivity contribution in [1.29, 1.82) is 0 Å². The van der Waals surface area contributed by atoms with E-state index >= 15 is 0 Å². The molecule has 0 amide bonds. The molecule has 27 heavy (non-hydrogen) atoms. The molecule has 0 N–H and O–H groups in total. The molecule has 0 saturated heterocycles. The van der Waals surface area contributed by atoms with Crippen LogP contribution in [0.25, 0.3) is 0 Å². The minimum atomic E-state index is 0. The van der Waals surface area contributed by atoms with Gasteiger partial charge in [0.1, 0.15) is 0 Å². The van der Waals surface area contributed by atoms with E-state index in [-0.39, 0.29) is 24.4 Å². The summed E-state index contributed by atoms with van der Waals surface area (Å²) in [5.74, 6) is 1.91. The van der Waals surface area contributed by atoms with Crippen molar-refractivity contribution in [3.63, 3.8) is 0 Å². The average Bonchev–Trinajstić information content (AvgIpc) is 2.66. The Morgan fingerprint density at radius 3 is 0.704 bits per heavy atom. The Labute approximate surface area is 202 Å². The summed E-state index contributed by atoms with van der Waals surface area (Å²) in [7, 11) is 0. The summed E-state index contributed by atoms with van der Waals surface area (Å²) in [6, 6.07) is 0. The van der Waals surface area contributed by atoms with Crippen LogP contribution in [0.15, 0.2) is 0 Å². The molecule has 0 aliphatic rings. The Bertz CT molecular complexity index is 171. The fourth-order valence-electron chi connectivity index (χ4n) is 3.18. The van der Waals surface area contributed by atoms with E-state index in [0.29, 0.717) is 0 Å². The summed E-state index contributed by atoms with van der Waals surface area (Å²) in [5, 5.41) is 0. The predicted molar refractivity (Wildman–Crippen MR) is 134 cm³/mol. The molecule has 0 aliphatic carbocycles. The first-order chi connectivity index (χ1) is 12.8. The molecular weight excluding hydrogens is 474 g/mol. The fourth-order valence-corrected chi connectivity index (χ4v) is 3.59. The Balaban J connectivity index is -0.000000411. The van der Waals surface area contributed by atoms with E-state index in [1.165, 1.54) is 128 Å². The second kappa shape index (κ2) is 35.0. The monoisotopic (exact) mass is 523 g/mol. The molecule has 163 valence electrons. The maximum absolute atomic E-state index is 4.90. The Kier molecular flexibility index (Phi) is 43.0. The van der Waals surface area contributed by atoms with E-state index in [2.05, 4.69) is 13.8 Å². The smallest absolute Gasteiger partial charge is 0.793 e. The van der Waals surface area contributed by atoms with Crippen molar-refractivity contribution in [2.75, 3.05) is 11.5 Å². The Hall–Kier alpha value is 1.52. The first-order valence-corrected chi connectivity index (χ1v) is 13.1. The van der Waals surface area contributed by atoms with Crippen molar-refractivity contribution in [2.24, 2.45) is 0 Å². The van der Waals surface area contributed by atoms with Crippen LogP contribution in [0, 0.1) is 0 Å². The molecule has 0 unspecified atom stereocenters. The van der Waals surface area contributed by atoms with Gasteiger partial charge in [0.05, 0.1) is 0 Å². The topological polar surface area (TPSA) is 0 Å². The summed E-state index contributed by atoms with van der Waals surface area (Å²) in [4.78, 5) is 0. The third kappa shape index (κ3) is 38.7. The zero-order chi connectivity index (χ0) is 19.6. The standard InChI is InChI=1S/2C12H26S.Sb/c2*1-2-3-4-5-6-7-8-9-10-11-12-13;/h2*13H,2-12H2,1H3;/q;;+2/p-2. The zero-order valence-corrected chi connectivity index (χ0v) is 23.0. The number of hydrogen-bond donors (Lipinski definition) is 0. The van der Waals surface area contributed by atoms with E-state index in [4.69, 9.17) is 25.3 Å². The van der Waals surface area contributed by atoms with Gasteiger partial charge in [-0.1, -0.05) is 142 Å². The van der Waals surface area contributed by atoms with Crippen LogP contribution in [0.3, 0.4) is 0 Å². The Morgan fingerprint density at radius 2 is 0.519 bits per heavy atom. The van der Waals surface area contributed by atoms with Crippen LogP contribution >= 0.6 is 0 Å². The fraction of sp³-hybridized carbons (Fsp3) is 1.00. The second-order valence-electron chi connectivity index (χ2n) is 7.77. The van der Waals surface area contributed by atoms with Gasteiger partial charge >= 0.3 is 24.4 Å². The molecule has 0 atom stereocenters. The number of unbranched alkanes of at least 4 members (excludes halogenated alkanes) is 18. The van der Waals surface area contributed by atoms with Crippen LogP contribution in [0.2, 0.25) is 0 Å². The first-order valence-electron chi connectivity index (χ1n) is 12.0. The van der Waals surface area contributed by atoms with Crippen LogP contribution in [-0.2, 0) is 25.3 Å². The third-order valence-corrected chi connectivity index (χ3v) is 5.57. The van der Waals surface area contributed by atoms with Gasteiger partial charge in [-0.15, -0.1) is 0 Å². The summed E-state index contributed by atoms with van der Waals surface area (Å²) in [5.41, 5.74) is 0. The minimum absolute atomic E-state index is 0. The van der Waals surface area contributed by atoms with Crippen molar-refractivity contribution in [1.82, 2.24) is 0 Å². The molecule has 0 aromatic rings. The molecule has 0 fully saturated rings. The van der Waals surface area contributed by atoms with Gasteiger partial charge in [-0.25, -0.2) is 0 Å². The summed E-state index contributed by atoms with van der Waals surface area (Å²) in [6.07, 6.45) is 28.1. The van der Waals surface area contributed by atoms with Crippen LogP contribution in [0.4, 0.5) is 0 Å². The van der Waals surface area contributed by atoms with Crippen molar-refractivity contribution >= 4 is 49.7 Å². The van der Waals surface area contributed by atoms with E-state index in [9.17, 15) is 0 Å². The van der Waals surface area contributed by atoms with E-state index < -0.39 is 0 Å². The molecule has 0 aromatic carbocycles. The maximum Gasteiger partial charge on any atom is 2.00 e. The van der Waals surface area contributed by atoms with Gasteiger partial charge < -0.3 is 25.3 Å². The molecule has 3 heteroatoms. The van der Waals surface area contributed by atoms with Gasteiger partial charge in [-0.2, -0.15) is 11.5 Å². The predicted octanol–water partition coefficient (Wildman–Crippen LogP) is 8.53. The first kappa shape index (κ1) is 33.2. The number of rotatable bonds is 20. The molecule has 0 aromatic heterocycles. The molecule has 0 nitrogen and oxygen atoms in total. The molecule has 0 spiro atoms. The van der Waals surface area contributed by atoms with Crippen LogP contribution in [0.1, 0.15) is 142 Å². The summed E-state index contributed by atoms with van der Waals surface area (Å²) < 4.78 is 0. The van der Waals surface area contributed by atoms with E-state index in [1.54, 1.807) is 0 Å². The van der Waals surface area contributed by atoms with Gasteiger partial charge in [0, 0.05) is 0 Å². The van der Waals surface area contributed by atoms with Crippen molar-refractivity contribution in [3.8, 4) is 0 Å². The van der Waals surface area contributed by atoms with Crippen molar-refractivity contribution in [3.05, 3.63) is 0 Å². The summed E-state index contributed by atoms with van der Waals surface area (Å²) >= 11 is 9.80. The van der Waals surface area contributed by atoms with Gasteiger partial charge in [0.25, 0.3) is 0 Å². The SMILES string of the molecule is CCCCCCCCCCCC[S-].CCCCCCCCCCCC[S-].[Sb+2]. The molecule has 0 rings (SSSR count). The second-order valence-corrected chi connectivity index (χ2v) is 8.59. The van der Waals surface area contributed by atoms with Gasteiger partial charge in [-0.3, -0.25) is 0 Å². The largest absolute Gasteiger partial charge is 2.00 e. The van der Waals surface area contributed by atoms with Crippen LogP contribution < -0.4 is 0 Å². The van der Waals surface area contributed by atoms with Crippen LogP contribution in [0.5, 0.6) is 0 Å². The normalized spacial score (nSPS) is 10.2. The third-order valence-electron chi connectivity index (χ3n) is 5.00. The molecule has 0 heterocycles. The molecule has 0 saturated carbocycles. The molecule has 3 radical (unpaired) electrons. The molecule has 0 bridgehead atoms. The van der Waals surface area contributed by atoms with Gasteiger partial charge in [-0.05, 0) is 0 Å². The number of hydrogen-bond acceptors (Lipinski definition) is 2. The maximum atomic E-state index is 4.90. The Morgan fingerprint density at radius 1 is 0.333 bits per heavy atom. The minimum Gasteiger partial charge on any atom is -0.793 e. The quantitative estimate of drug-likeness (QED) is 0.0889.